The molecule has 2 aromatic rings. The predicted octanol–water partition coefficient (Wildman–Crippen LogP) is 1.55. The molecule has 0 aliphatic heterocycles. The minimum atomic E-state index is -0.506. The summed E-state index contributed by atoms with van der Waals surface area (Å²) in [7, 11) is 1.56. The zero-order valence-electron chi connectivity index (χ0n) is 13.7. The number of carbonyl (C=O) groups is 3. The average molecular weight is 341 g/mol. The third kappa shape index (κ3) is 5.35. The smallest absolute Gasteiger partial charge is 0.251 e. The van der Waals surface area contributed by atoms with Gasteiger partial charge in [-0.2, -0.15) is 0 Å². The van der Waals surface area contributed by atoms with Crippen molar-refractivity contribution in [3.63, 3.8) is 0 Å². The second-order valence-electron chi connectivity index (χ2n) is 5.19. The van der Waals surface area contributed by atoms with Gasteiger partial charge in [-0.1, -0.05) is 0 Å². The molecular formula is C18H19N3O4. The van der Waals surface area contributed by atoms with Gasteiger partial charge in [0, 0.05) is 23.9 Å². The maximum absolute atomic E-state index is 11.9. The number of amides is 3. The van der Waals surface area contributed by atoms with Gasteiger partial charge in [0.1, 0.15) is 5.75 Å². The first-order chi connectivity index (χ1) is 12.0. The lowest BCUT2D eigenvalue weighted by molar-refractivity contribution is -0.116. The van der Waals surface area contributed by atoms with Crippen LogP contribution in [0.2, 0.25) is 0 Å². The number of benzene rings is 2. The van der Waals surface area contributed by atoms with Crippen LogP contribution in [0.5, 0.6) is 5.75 Å². The van der Waals surface area contributed by atoms with Crippen molar-refractivity contribution in [3.05, 3.63) is 59.7 Å². The van der Waals surface area contributed by atoms with Gasteiger partial charge in [0.2, 0.25) is 11.8 Å². The summed E-state index contributed by atoms with van der Waals surface area (Å²) in [5.41, 5.74) is 6.67. The van der Waals surface area contributed by atoms with Gasteiger partial charge >= 0.3 is 0 Å². The van der Waals surface area contributed by atoms with E-state index in [-0.39, 0.29) is 24.8 Å². The molecule has 7 heteroatoms. The zero-order valence-corrected chi connectivity index (χ0v) is 13.7. The van der Waals surface area contributed by atoms with Crippen LogP contribution in [0.25, 0.3) is 0 Å². The van der Waals surface area contributed by atoms with Crippen LogP contribution in [0.1, 0.15) is 27.1 Å². The van der Waals surface area contributed by atoms with E-state index in [1.165, 1.54) is 0 Å². The molecule has 0 aliphatic rings. The molecule has 0 heterocycles. The number of ether oxygens (including phenoxy) is 1. The predicted molar refractivity (Wildman–Crippen MR) is 93.5 cm³/mol. The molecular weight excluding hydrogens is 322 g/mol. The SMILES string of the molecule is CNC(=O)c1ccc(NC(=O)CCOc2ccc(C(N)=O)cc2)cc1. The minimum Gasteiger partial charge on any atom is -0.493 e. The Morgan fingerprint density at radius 1 is 0.960 bits per heavy atom. The maximum Gasteiger partial charge on any atom is 0.251 e. The minimum absolute atomic E-state index is 0.161. The highest BCUT2D eigenvalue weighted by Gasteiger charge is 2.06. The Morgan fingerprint density at radius 3 is 2.12 bits per heavy atom. The van der Waals surface area contributed by atoms with Gasteiger partial charge in [0.25, 0.3) is 5.91 Å². The normalized spacial score (nSPS) is 9.96. The summed E-state index contributed by atoms with van der Waals surface area (Å²) in [5, 5.41) is 5.25. The highest BCUT2D eigenvalue weighted by Crippen LogP contribution is 2.13. The molecule has 0 fully saturated rings. The van der Waals surface area contributed by atoms with E-state index in [2.05, 4.69) is 10.6 Å². The van der Waals surface area contributed by atoms with Gasteiger partial charge in [-0.3, -0.25) is 14.4 Å². The van der Waals surface area contributed by atoms with Crippen LogP contribution < -0.4 is 21.1 Å². The van der Waals surface area contributed by atoms with Crippen molar-refractivity contribution < 1.29 is 19.1 Å². The molecule has 0 aliphatic carbocycles. The summed E-state index contributed by atoms with van der Waals surface area (Å²) < 4.78 is 5.45. The molecule has 0 saturated heterocycles. The Labute approximate surface area is 145 Å². The number of nitrogens with two attached hydrogens (primary N) is 1. The Morgan fingerprint density at radius 2 is 1.56 bits per heavy atom. The molecule has 4 N–H and O–H groups in total. The Bertz CT molecular complexity index is 755. The summed E-state index contributed by atoms with van der Waals surface area (Å²) in [6.07, 6.45) is 0.161. The van der Waals surface area contributed by atoms with Crippen LogP contribution in [0.3, 0.4) is 0 Å². The fourth-order valence-electron chi connectivity index (χ4n) is 2.05. The molecule has 0 saturated carbocycles. The molecule has 0 bridgehead atoms. The highest BCUT2D eigenvalue weighted by molar-refractivity contribution is 5.95. The van der Waals surface area contributed by atoms with Crippen LogP contribution in [0.4, 0.5) is 5.69 Å². The van der Waals surface area contributed by atoms with Gasteiger partial charge in [-0.05, 0) is 48.5 Å². The van der Waals surface area contributed by atoms with E-state index in [4.69, 9.17) is 10.5 Å². The quantitative estimate of drug-likeness (QED) is 0.709. The Balaban J connectivity index is 1.78. The first kappa shape index (κ1) is 18.0. The number of primary amides is 1. The first-order valence-corrected chi connectivity index (χ1v) is 7.64. The largest absolute Gasteiger partial charge is 0.493 e. The van der Waals surface area contributed by atoms with E-state index in [0.717, 1.165) is 0 Å². The van der Waals surface area contributed by atoms with Gasteiger partial charge < -0.3 is 21.1 Å². The van der Waals surface area contributed by atoms with Crippen LogP contribution in [0.15, 0.2) is 48.5 Å². The van der Waals surface area contributed by atoms with Crippen LogP contribution in [0, 0.1) is 0 Å². The molecule has 0 radical (unpaired) electrons. The lowest BCUT2D eigenvalue weighted by Gasteiger charge is -2.08. The lowest BCUT2D eigenvalue weighted by Crippen LogP contribution is -2.18. The molecule has 2 rings (SSSR count). The summed E-state index contributed by atoms with van der Waals surface area (Å²) in [6.45, 7) is 0.193. The second-order valence-corrected chi connectivity index (χ2v) is 5.19. The molecule has 0 atom stereocenters. The van der Waals surface area contributed by atoms with Crippen LogP contribution in [-0.2, 0) is 4.79 Å². The molecule has 2 aromatic carbocycles. The number of carbonyl (C=O) groups excluding carboxylic acids is 3. The van der Waals surface area contributed by atoms with E-state index < -0.39 is 5.91 Å². The lowest BCUT2D eigenvalue weighted by atomic mass is 10.2. The van der Waals surface area contributed by atoms with E-state index in [1.54, 1.807) is 55.6 Å². The number of anilines is 1. The first-order valence-electron chi connectivity index (χ1n) is 7.64. The molecule has 7 nitrogen and oxygen atoms in total. The van der Waals surface area contributed by atoms with Crippen molar-refractivity contribution in [2.75, 3.05) is 19.0 Å². The van der Waals surface area contributed by atoms with Crippen molar-refractivity contribution in [2.24, 2.45) is 5.73 Å². The number of rotatable bonds is 7. The van der Waals surface area contributed by atoms with Crippen molar-refractivity contribution in [2.45, 2.75) is 6.42 Å². The summed E-state index contributed by atoms with van der Waals surface area (Å²) in [5.74, 6) is -0.351. The Hall–Kier alpha value is -3.35. The van der Waals surface area contributed by atoms with Gasteiger partial charge in [0.15, 0.2) is 0 Å². The van der Waals surface area contributed by atoms with Crippen molar-refractivity contribution >= 4 is 23.4 Å². The van der Waals surface area contributed by atoms with Crippen LogP contribution >= 0.6 is 0 Å². The van der Waals surface area contributed by atoms with Gasteiger partial charge in [-0.15, -0.1) is 0 Å². The molecule has 0 spiro atoms. The second kappa shape index (κ2) is 8.49. The zero-order chi connectivity index (χ0) is 18.2. The standard InChI is InChI=1S/C18H19N3O4/c1-20-18(24)13-2-6-14(7-3-13)21-16(22)10-11-25-15-8-4-12(5-9-15)17(19)23/h2-9H,10-11H2,1H3,(H2,19,23)(H,20,24)(H,21,22). The van der Waals surface area contributed by atoms with E-state index >= 15 is 0 Å². The molecule has 0 aromatic heterocycles. The number of hydrogen-bond acceptors (Lipinski definition) is 4. The van der Waals surface area contributed by atoms with Crippen LogP contribution in [-0.4, -0.2) is 31.4 Å². The number of nitrogens with one attached hydrogen (secondary N) is 2. The summed E-state index contributed by atoms with van der Waals surface area (Å²) >= 11 is 0. The third-order valence-electron chi connectivity index (χ3n) is 3.39. The third-order valence-corrected chi connectivity index (χ3v) is 3.39. The molecule has 130 valence electrons. The monoisotopic (exact) mass is 341 g/mol. The van der Waals surface area contributed by atoms with Gasteiger partial charge in [-0.25, -0.2) is 0 Å². The fourth-order valence-corrected chi connectivity index (χ4v) is 2.05. The van der Waals surface area contributed by atoms with E-state index in [0.29, 0.717) is 22.6 Å². The molecule has 0 unspecified atom stereocenters. The topological polar surface area (TPSA) is 111 Å². The fraction of sp³-hybridized carbons (Fsp3) is 0.167. The summed E-state index contributed by atoms with van der Waals surface area (Å²) in [6, 6.07) is 12.9. The van der Waals surface area contributed by atoms with Crippen molar-refractivity contribution in [1.29, 1.82) is 0 Å². The molecule has 3 amide bonds. The average Bonchev–Trinajstić information content (AvgIpc) is 2.62. The summed E-state index contributed by atoms with van der Waals surface area (Å²) in [4.78, 5) is 34.3. The maximum atomic E-state index is 11.9. The van der Waals surface area contributed by atoms with Crippen molar-refractivity contribution in [1.82, 2.24) is 5.32 Å². The highest BCUT2D eigenvalue weighted by atomic mass is 16.5. The van der Waals surface area contributed by atoms with E-state index in [9.17, 15) is 14.4 Å². The number of hydrogen-bond donors (Lipinski definition) is 3. The van der Waals surface area contributed by atoms with Gasteiger partial charge in [0.05, 0.1) is 13.0 Å². The van der Waals surface area contributed by atoms with Crippen molar-refractivity contribution in [3.8, 4) is 5.75 Å². The Kier molecular flexibility index (Phi) is 6.11. The molecule has 25 heavy (non-hydrogen) atoms. The van der Waals surface area contributed by atoms with E-state index in [1.807, 2.05) is 0 Å².